The molecule has 4 aromatic rings. The van der Waals surface area contributed by atoms with Crippen LogP contribution in [-0.2, 0) is 16.6 Å². The van der Waals surface area contributed by atoms with Gasteiger partial charge in [-0.3, -0.25) is 4.40 Å². The molecule has 4 rings (SSSR count). The van der Waals surface area contributed by atoms with Gasteiger partial charge in [0.05, 0.1) is 21.8 Å². The summed E-state index contributed by atoms with van der Waals surface area (Å²) in [7, 11) is -3.72. The number of primary sulfonamides is 1. The first kappa shape index (κ1) is 19.2. The number of sulfonamides is 1. The van der Waals surface area contributed by atoms with E-state index < -0.39 is 10.0 Å². The third-order valence-electron chi connectivity index (χ3n) is 4.38. The Morgan fingerprint density at radius 3 is 2.59 bits per heavy atom. The first-order valence-corrected chi connectivity index (χ1v) is 10.4. The fourth-order valence-corrected chi connectivity index (χ4v) is 3.60. The lowest BCUT2D eigenvalue weighted by Crippen LogP contribution is -2.12. The topological polar surface area (TPSA) is 123 Å². The molecule has 148 valence electrons. The number of nitrogens with one attached hydrogen (secondary N) is 1. The Hall–Kier alpha value is -3.14. The Labute approximate surface area is 171 Å². The first-order valence-electron chi connectivity index (χ1n) is 8.49. The number of phenolic OH excluding ortho intramolecular Hbond substituents is 1. The average molecular weight is 430 g/mol. The highest BCUT2D eigenvalue weighted by molar-refractivity contribution is 7.89. The van der Waals surface area contributed by atoms with Gasteiger partial charge in [0.15, 0.2) is 11.5 Å². The summed E-state index contributed by atoms with van der Waals surface area (Å²) in [5, 5.41) is 18.2. The molecule has 0 amide bonds. The molecule has 0 radical (unpaired) electrons. The van der Waals surface area contributed by atoms with Gasteiger partial charge in [0.25, 0.3) is 0 Å². The number of benzene rings is 2. The number of hydrogen-bond donors (Lipinski definition) is 3. The number of fused-ring (bicyclic) bond motifs is 1. The maximum atomic E-state index is 11.3. The van der Waals surface area contributed by atoms with E-state index in [0.29, 0.717) is 18.0 Å². The molecule has 8 nitrogen and oxygen atoms in total. The monoisotopic (exact) mass is 429 g/mol. The van der Waals surface area contributed by atoms with Gasteiger partial charge in [-0.05, 0) is 35.9 Å². The summed E-state index contributed by atoms with van der Waals surface area (Å²) in [6.07, 6.45) is 5.13. The molecule has 0 aliphatic carbocycles. The summed E-state index contributed by atoms with van der Waals surface area (Å²) >= 11 is 6.02. The predicted octanol–water partition coefficient (Wildman–Crippen LogP) is 3.01. The van der Waals surface area contributed by atoms with Crippen LogP contribution in [0.2, 0.25) is 5.02 Å². The molecule has 0 saturated carbocycles. The van der Waals surface area contributed by atoms with Crippen LogP contribution in [0.4, 0.5) is 5.82 Å². The van der Waals surface area contributed by atoms with Gasteiger partial charge < -0.3 is 10.4 Å². The Balaban J connectivity index is 1.60. The second-order valence-electron chi connectivity index (χ2n) is 6.32. The Bertz CT molecular complexity index is 1300. The van der Waals surface area contributed by atoms with E-state index in [1.165, 1.54) is 18.2 Å². The molecular weight excluding hydrogens is 414 g/mol. The Kier molecular flexibility index (Phi) is 4.87. The van der Waals surface area contributed by atoms with Gasteiger partial charge >= 0.3 is 0 Å². The number of aromatic hydroxyl groups is 1. The highest BCUT2D eigenvalue weighted by Crippen LogP contribution is 2.30. The highest BCUT2D eigenvalue weighted by atomic mass is 35.5. The second kappa shape index (κ2) is 7.36. The maximum absolute atomic E-state index is 11.3. The van der Waals surface area contributed by atoms with Gasteiger partial charge in [0, 0.05) is 24.5 Å². The summed E-state index contributed by atoms with van der Waals surface area (Å²) in [4.78, 5) is 8.85. The van der Waals surface area contributed by atoms with Crippen molar-refractivity contribution in [2.24, 2.45) is 5.14 Å². The van der Waals surface area contributed by atoms with E-state index >= 15 is 0 Å². The third-order valence-corrected chi connectivity index (χ3v) is 5.62. The molecule has 0 fully saturated rings. The largest absolute Gasteiger partial charge is 0.506 e. The molecule has 4 N–H and O–H groups in total. The molecule has 2 heterocycles. The number of imidazole rings is 1. The number of nitrogens with zero attached hydrogens (tertiary/aromatic N) is 3. The number of anilines is 1. The lowest BCUT2D eigenvalue weighted by molar-refractivity contribution is 0.475. The average Bonchev–Trinajstić information content (AvgIpc) is 3.13. The van der Waals surface area contributed by atoms with Crippen molar-refractivity contribution in [1.29, 1.82) is 0 Å². The van der Waals surface area contributed by atoms with Crippen molar-refractivity contribution in [3.63, 3.8) is 0 Å². The van der Waals surface area contributed by atoms with Crippen LogP contribution in [0, 0.1) is 0 Å². The number of hydrogen-bond acceptors (Lipinski definition) is 6. The zero-order valence-electron chi connectivity index (χ0n) is 14.9. The lowest BCUT2D eigenvalue weighted by atomic mass is 10.1. The van der Waals surface area contributed by atoms with Crippen LogP contribution in [0.15, 0.2) is 66.0 Å². The van der Waals surface area contributed by atoms with Gasteiger partial charge in [0.1, 0.15) is 5.75 Å². The summed E-state index contributed by atoms with van der Waals surface area (Å²) in [5.41, 5.74) is 3.08. The number of aromatic nitrogens is 3. The summed E-state index contributed by atoms with van der Waals surface area (Å²) in [6.45, 7) is 0.421. The third kappa shape index (κ3) is 3.88. The lowest BCUT2D eigenvalue weighted by Gasteiger charge is -2.09. The van der Waals surface area contributed by atoms with Crippen LogP contribution >= 0.6 is 11.6 Å². The minimum Gasteiger partial charge on any atom is -0.506 e. The van der Waals surface area contributed by atoms with Crippen molar-refractivity contribution in [3.8, 4) is 17.0 Å². The fourth-order valence-electron chi connectivity index (χ4n) is 2.91. The Morgan fingerprint density at radius 2 is 1.90 bits per heavy atom. The highest BCUT2D eigenvalue weighted by Gasteiger charge is 2.12. The summed E-state index contributed by atoms with van der Waals surface area (Å²) < 4.78 is 24.6. The smallest absolute Gasteiger partial charge is 0.238 e. The first-order chi connectivity index (χ1) is 13.8. The number of rotatable bonds is 5. The van der Waals surface area contributed by atoms with Crippen molar-refractivity contribution in [1.82, 2.24) is 14.4 Å². The van der Waals surface area contributed by atoms with E-state index in [2.05, 4.69) is 15.3 Å². The molecule has 0 aliphatic heterocycles. The fraction of sp³-hybridized carbons (Fsp3) is 0.0526. The standard InChI is InChI=1S/C19H16ClN5O3S/c20-15-9-13(3-6-17(15)26)16-11-24-19-18(22-7-8-25(16)19)23-10-12-1-4-14(5-2-12)29(21,27)28/h1-9,11,26H,10H2,(H,22,23)(H2,21,27,28). The van der Waals surface area contributed by atoms with Crippen LogP contribution in [0.1, 0.15) is 5.56 Å². The zero-order chi connectivity index (χ0) is 20.6. The van der Waals surface area contributed by atoms with E-state index in [4.69, 9.17) is 16.7 Å². The second-order valence-corrected chi connectivity index (χ2v) is 8.29. The molecule has 0 spiro atoms. The van der Waals surface area contributed by atoms with Crippen LogP contribution in [0.5, 0.6) is 5.75 Å². The molecule has 2 aromatic heterocycles. The summed E-state index contributed by atoms with van der Waals surface area (Å²) in [6, 6.07) is 11.2. The van der Waals surface area contributed by atoms with E-state index in [-0.39, 0.29) is 15.7 Å². The van der Waals surface area contributed by atoms with Crippen molar-refractivity contribution in [2.75, 3.05) is 5.32 Å². The normalized spacial score (nSPS) is 11.7. The van der Waals surface area contributed by atoms with Gasteiger partial charge in [-0.15, -0.1) is 0 Å². The van der Waals surface area contributed by atoms with Crippen LogP contribution in [0.25, 0.3) is 16.9 Å². The van der Waals surface area contributed by atoms with E-state index in [9.17, 15) is 13.5 Å². The molecule has 0 aliphatic rings. The van der Waals surface area contributed by atoms with Gasteiger partial charge in [-0.2, -0.15) is 0 Å². The van der Waals surface area contributed by atoms with E-state index in [0.717, 1.165) is 16.8 Å². The molecular formula is C19H16ClN5O3S. The number of halogens is 1. The molecule has 0 unspecified atom stereocenters. The van der Waals surface area contributed by atoms with Crippen molar-refractivity contribution >= 4 is 33.1 Å². The van der Waals surface area contributed by atoms with Crippen molar-refractivity contribution < 1.29 is 13.5 Å². The number of nitrogens with two attached hydrogens (primary N) is 1. The molecule has 10 heteroatoms. The Morgan fingerprint density at radius 1 is 1.14 bits per heavy atom. The zero-order valence-corrected chi connectivity index (χ0v) is 16.5. The van der Waals surface area contributed by atoms with E-state index in [1.807, 2.05) is 4.40 Å². The van der Waals surface area contributed by atoms with Crippen LogP contribution in [-0.4, -0.2) is 27.9 Å². The maximum Gasteiger partial charge on any atom is 0.238 e. The SMILES string of the molecule is NS(=O)(=O)c1ccc(CNc2nccn3c(-c4ccc(O)c(Cl)c4)cnc23)cc1. The minimum absolute atomic E-state index is 0.0155. The van der Waals surface area contributed by atoms with Crippen molar-refractivity contribution in [2.45, 2.75) is 11.4 Å². The molecule has 2 aromatic carbocycles. The van der Waals surface area contributed by atoms with Crippen LogP contribution in [0.3, 0.4) is 0 Å². The van der Waals surface area contributed by atoms with Gasteiger partial charge in [-0.1, -0.05) is 23.7 Å². The molecule has 0 bridgehead atoms. The molecule has 29 heavy (non-hydrogen) atoms. The van der Waals surface area contributed by atoms with Gasteiger partial charge in [-0.25, -0.2) is 23.5 Å². The predicted molar refractivity (Wildman–Crippen MR) is 110 cm³/mol. The van der Waals surface area contributed by atoms with Crippen molar-refractivity contribution in [3.05, 3.63) is 71.6 Å². The molecule has 0 saturated heterocycles. The quantitative estimate of drug-likeness (QED) is 0.448. The van der Waals surface area contributed by atoms with Crippen LogP contribution < -0.4 is 10.5 Å². The minimum atomic E-state index is -3.72. The van der Waals surface area contributed by atoms with Gasteiger partial charge in [0.2, 0.25) is 10.0 Å². The number of phenols is 1. The molecule has 0 atom stereocenters. The van der Waals surface area contributed by atoms with E-state index in [1.54, 1.807) is 42.9 Å². The summed E-state index contributed by atoms with van der Waals surface area (Å²) in [5.74, 6) is 0.584.